The van der Waals surface area contributed by atoms with E-state index >= 15 is 0 Å². The molecule has 626 valence electrons. The number of nitrogens with zero attached hydrogens (tertiary/aromatic N) is 5. The van der Waals surface area contributed by atoms with Crippen LogP contribution in [-0.4, -0.2) is 246 Å². The van der Waals surface area contributed by atoms with Gasteiger partial charge in [0.1, 0.15) is 60.4 Å². The Labute approximate surface area is 654 Å². The van der Waals surface area contributed by atoms with Crippen LogP contribution in [0.3, 0.4) is 0 Å². The number of carbonyl (C=O) groups excluding carboxylic acids is 16. The summed E-state index contributed by atoms with van der Waals surface area (Å²) in [6.07, 6.45) is 0.645. The Balaban J connectivity index is 1.32. The fourth-order valence-corrected chi connectivity index (χ4v) is 14.9. The molecule has 47 heteroatoms. The molecule has 1 aromatic rings. The van der Waals surface area contributed by atoms with Gasteiger partial charge in [0.25, 0.3) is 0 Å². The van der Waals surface area contributed by atoms with Crippen LogP contribution in [0, 0.1) is 12.3 Å². The highest BCUT2D eigenvalue weighted by atomic mass is 32.2. The largest absolute Gasteiger partial charge is 0.481 e. The van der Waals surface area contributed by atoms with Crippen LogP contribution in [0.5, 0.6) is 0 Å². The number of thioether (sulfide) groups is 1. The summed E-state index contributed by atoms with van der Waals surface area (Å²) in [4.78, 5) is 261. The lowest BCUT2D eigenvalue weighted by Crippen LogP contribution is -2.60. The van der Waals surface area contributed by atoms with E-state index in [1.807, 2.05) is 0 Å². The number of nitrogens with one attached hydrogen (secondary N) is 11. The van der Waals surface area contributed by atoms with Gasteiger partial charge in [-0.25, -0.2) is 4.79 Å². The minimum absolute atomic E-state index is 0.0325. The lowest BCUT2D eigenvalue weighted by atomic mass is 10.0. The number of benzene rings is 1. The molecule has 0 spiro atoms. The second kappa shape index (κ2) is 44.8. The number of carboxylic acid groups (broad SMARTS) is 2. The fourth-order valence-electron chi connectivity index (χ4n) is 12.9. The van der Waals surface area contributed by atoms with Gasteiger partial charge in [-0.05, 0) is 88.1 Å². The van der Waals surface area contributed by atoms with Crippen molar-refractivity contribution < 1.29 is 120 Å². The van der Waals surface area contributed by atoms with Gasteiger partial charge in [0, 0.05) is 86.1 Å². The third kappa shape index (κ3) is 29.3. The number of halogens is 2. The maximum atomic E-state index is 14.9. The number of hydrogen-bond acceptors (Lipinski definition) is 21. The number of amides is 17. The van der Waals surface area contributed by atoms with Gasteiger partial charge in [0.15, 0.2) is 0 Å². The first kappa shape index (κ1) is 93.3. The molecule has 4 saturated heterocycles. The van der Waals surface area contributed by atoms with Crippen LogP contribution in [0.4, 0.5) is 13.6 Å². The number of alkyl halides is 2. The van der Waals surface area contributed by atoms with Crippen molar-refractivity contribution in [1.29, 1.82) is 0 Å². The molecule has 4 aliphatic rings. The SMILES string of the molecule is C#CC[C@H](NC(=O)[C@H](CC(N)=O)NC(=O)[C@H](CCC(=O)O)NC(=O)CNC(=O)[C@@H]1CCCN1C(=O)[C@H](CCC(N)=O)NC(=O)[C@H](Cc1ccc(C(F)(F)P(=O)(O)O)cc1)NC(=O)[C@H](CCC(N)=O)NC(=O)[C@@H]1CCCN1C(=O)[C@H](CCC(=O)O)NC(=O)C(CCCCNC(=O)CCCC[C@@H]1SC[C@@H]2NC(=O)N[C@@H]21)N=[N+]=[N-])C(N)=O. The van der Waals surface area contributed by atoms with Crippen LogP contribution < -0.4 is 81.4 Å². The van der Waals surface area contributed by atoms with Crippen LogP contribution in [-0.2, 0) is 98.2 Å². The zero-order valence-corrected chi connectivity index (χ0v) is 63.4. The second-order valence-electron chi connectivity index (χ2n) is 27.4. The minimum Gasteiger partial charge on any atom is -0.481 e. The van der Waals surface area contributed by atoms with Crippen molar-refractivity contribution in [2.24, 2.45) is 28.0 Å². The Kier molecular flexibility index (Phi) is 36.7. The minimum atomic E-state index is -6.15. The number of urea groups is 1. The summed E-state index contributed by atoms with van der Waals surface area (Å²) in [5.41, 5.74) is 24.9. The number of aliphatic carboxylic acids is 2. The van der Waals surface area contributed by atoms with Crippen LogP contribution in [0.2, 0.25) is 0 Å². The van der Waals surface area contributed by atoms with E-state index in [4.69, 9.17) is 29.4 Å². The van der Waals surface area contributed by atoms with Gasteiger partial charge in [0.2, 0.25) is 88.6 Å². The number of terminal acetylenes is 1. The van der Waals surface area contributed by atoms with Crippen molar-refractivity contribution in [2.75, 3.05) is 31.9 Å². The molecule has 0 bridgehead atoms. The maximum Gasteiger partial charge on any atom is 0.399 e. The number of likely N-dealkylation sites (tertiary alicyclic amines) is 2. The van der Waals surface area contributed by atoms with Crippen LogP contribution in [0.25, 0.3) is 10.4 Å². The summed E-state index contributed by atoms with van der Waals surface area (Å²) >= 11 is 1.76. The molecule has 43 nitrogen and oxygen atoms in total. The second-order valence-corrected chi connectivity index (χ2v) is 30.3. The summed E-state index contributed by atoms with van der Waals surface area (Å²) in [7, 11) is -6.15. The molecular formula is C67H95F2N20O23PS. The highest BCUT2D eigenvalue weighted by Crippen LogP contribution is 2.59. The molecule has 0 aliphatic carbocycles. The molecule has 0 aromatic heterocycles. The van der Waals surface area contributed by atoms with Gasteiger partial charge in [-0.3, -0.25) is 86.1 Å². The van der Waals surface area contributed by atoms with E-state index in [1.165, 1.54) is 0 Å². The number of carbonyl (C=O) groups is 18. The third-order valence-corrected chi connectivity index (χ3v) is 21.3. The lowest BCUT2D eigenvalue weighted by molar-refractivity contribution is -0.143. The monoisotopic (exact) mass is 1650 g/mol. The smallest absolute Gasteiger partial charge is 0.399 e. The Morgan fingerprint density at radius 2 is 1.14 bits per heavy atom. The van der Waals surface area contributed by atoms with Gasteiger partial charge >= 0.3 is 31.2 Å². The molecule has 0 saturated carbocycles. The molecule has 1 unspecified atom stereocenters. The average Bonchev–Trinajstić information content (AvgIpc) is 1.11. The maximum absolute atomic E-state index is 14.9. The lowest BCUT2D eigenvalue weighted by Gasteiger charge is -2.31. The highest BCUT2D eigenvalue weighted by molar-refractivity contribution is 8.00. The topological polar surface area (TPSA) is 697 Å². The first-order chi connectivity index (χ1) is 53.7. The zero-order chi connectivity index (χ0) is 84.7. The standard InChI is InChI=1S/C67H95F2N20O23PS/c1-2-9-36(56(73)99)78-61(104)43(31-50(72)92)83-57(100)37(21-25-53(95)96)77-52(94)32-76-62(105)45-11-7-28-88(45)64(107)40(20-24-49(71)91)81-60(103)42(30-34-15-17-35(18-16-34)67(68,69)113(110,111)112)82-58(101)38(19-23-48(70)90)79-63(106)46-12-8-29-89(46)65(108)41(22-26-54(97)98)80-59(102)39(86-87-74)10-5-6-27-75-51(93)14-4-3-13-47-55-44(33-114-47)84-66(109)85-55/h1,15-18,36-47,55H,3-14,19-33H2,(H2,70,90)(H2,71,91)(H2,72,92)(H2,73,99)(H,75,93)(H,76,105)(H,77,94)(H,78,104)(H,79,106)(H,80,102)(H,81,103)(H,82,101)(H,83,100)(H,95,96)(H,97,98)(H2,84,85,109)(H2,110,111,112)/t36-,37-,38-,39?,40-,41-,42-,43-,44-,45-,46-,47-,55-/m0/s1. The zero-order valence-electron chi connectivity index (χ0n) is 61.7. The van der Waals surface area contributed by atoms with Crippen molar-refractivity contribution in [2.45, 2.75) is 225 Å². The Morgan fingerprint density at radius 1 is 0.623 bits per heavy atom. The first-order valence-electron chi connectivity index (χ1n) is 36.3. The van der Waals surface area contributed by atoms with Crippen molar-refractivity contribution in [3.8, 4) is 12.3 Å². The average molecular weight is 1650 g/mol. The summed E-state index contributed by atoms with van der Waals surface area (Å²) in [5, 5.41) is 49.8. The molecule has 4 fully saturated rings. The molecule has 23 N–H and O–H groups in total. The number of azide groups is 1. The van der Waals surface area contributed by atoms with E-state index in [0.717, 1.165) is 40.5 Å². The Bertz CT molecular complexity index is 3900. The normalized spacial score (nSPS) is 19.0. The molecule has 1 aromatic carbocycles. The number of fused-ring (bicyclic) bond motifs is 1. The Hall–Kier alpha value is -11.3. The van der Waals surface area contributed by atoms with E-state index < -0.39 is 251 Å². The van der Waals surface area contributed by atoms with E-state index in [-0.39, 0.29) is 99.4 Å². The van der Waals surface area contributed by atoms with Gasteiger partial charge < -0.3 is 111 Å². The number of carboxylic acids is 2. The van der Waals surface area contributed by atoms with Crippen molar-refractivity contribution in [3.63, 3.8) is 0 Å². The van der Waals surface area contributed by atoms with Crippen molar-refractivity contribution in [1.82, 2.24) is 68.3 Å². The van der Waals surface area contributed by atoms with Crippen LogP contribution in [0.1, 0.15) is 146 Å². The molecule has 0 radical (unpaired) electrons. The van der Waals surface area contributed by atoms with Crippen LogP contribution >= 0.6 is 19.4 Å². The number of rotatable bonds is 49. The van der Waals surface area contributed by atoms with Gasteiger partial charge in [-0.1, -0.05) is 42.2 Å². The Morgan fingerprint density at radius 3 is 1.69 bits per heavy atom. The molecular weight excluding hydrogens is 1550 g/mol. The van der Waals surface area contributed by atoms with E-state index in [0.29, 0.717) is 25.0 Å². The number of primary amides is 4. The fraction of sp³-hybridized carbons (Fsp3) is 0.612. The number of nitrogens with two attached hydrogens (primary N) is 4. The molecule has 17 amide bonds. The van der Waals surface area contributed by atoms with E-state index in [2.05, 4.69) is 74.4 Å². The highest BCUT2D eigenvalue weighted by Gasteiger charge is 2.51. The van der Waals surface area contributed by atoms with E-state index in [9.17, 15) is 125 Å². The number of hydrogen-bond donors (Lipinski definition) is 19. The molecule has 13 atom stereocenters. The van der Waals surface area contributed by atoms with Crippen LogP contribution in [0.15, 0.2) is 29.4 Å². The molecule has 4 heterocycles. The van der Waals surface area contributed by atoms with E-state index in [1.54, 1.807) is 11.8 Å². The summed E-state index contributed by atoms with van der Waals surface area (Å²) in [6, 6.07) is -14.1. The molecule has 114 heavy (non-hydrogen) atoms. The molecule has 4 aliphatic heterocycles. The van der Waals surface area contributed by atoms with Gasteiger partial charge in [-0.2, -0.15) is 20.5 Å². The van der Waals surface area contributed by atoms with Gasteiger partial charge in [0.05, 0.1) is 25.0 Å². The van der Waals surface area contributed by atoms with Gasteiger partial charge in [-0.15, -0.1) is 12.3 Å². The number of unbranched alkanes of at least 4 members (excludes halogenated alkanes) is 2. The predicted molar refractivity (Wildman–Crippen MR) is 393 cm³/mol. The van der Waals surface area contributed by atoms with Crippen molar-refractivity contribution >= 4 is 126 Å². The van der Waals surface area contributed by atoms with Crippen molar-refractivity contribution in [3.05, 3.63) is 45.8 Å². The quantitative estimate of drug-likeness (QED) is 0.00554. The summed E-state index contributed by atoms with van der Waals surface area (Å²) < 4.78 is 41.6. The first-order valence-corrected chi connectivity index (χ1v) is 38.9. The predicted octanol–water partition coefficient (Wildman–Crippen LogP) is -4.72. The molecule has 5 rings (SSSR count). The summed E-state index contributed by atoms with van der Waals surface area (Å²) in [5.74, 6) is -15.9. The summed E-state index contributed by atoms with van der Waals surface area (Å²) in [6.45, 7) is -1.23. The third-order valence-electron chi connectivity index (χ3n) is 18.8.